The minimum atomic E-state index is -0.154. The molecule has 132 valence electrons. The molecule has 1 N–H and O–H groups in total. The number of hydrogen-bond donors (Lipinski definition) is 1. The van der Waals surface area contributed by atoms with Gasteiger partial charge in [-0.05, 0) is 38.0 Å². The molecule has 3 rings (SSSR count). The van der Waals surface area contributed by atoms with Gasteiger partial charge < -0.3 is 10.2 Å². The van der Waals surface area contributed by atoms with Crippen LogP contribution in [-0.2, 0) is 13.1 Å². The second kappa shape index (κ2) is 7.18. The maximum absolute atomic E-state index is 12.6. The summed E-state index contributed by atoms with van der Waals surface area (Å²) in [5.74, 6) is 0. The fourth-order valence-corrected chi connectivity index (χ4v) is 3.30. The standard InChI is InChI=1S/C17H22N6OS/c1-5-8-23-12(3)16(11(2)19-23)18-17(24)22(4)10-13-6-7-14-15(9-13)21-25-20-14/h6-7,9H,5,8,10H2,1-4H3,(H,18,24). The van der Waals surface area contributed by atoms with Crippen LogP contribution in [0.5, 0.6) is 0 Å². The fraction of sp³-hybridized carbons (Fsp3) is 0.412. The van der Waals surface area contributed by atoms with Crippen LogP contribution >= 0.6 is 11.7 Å². The van der Waals surface area contributed by atoms with E-state index in [-0.39, 0.29) is 6.03 Å². The highest BCUT2D eigenvalue weighted by Crippen LogP contribution is 2.21. The number of aromatic nitrogens is 4. The predicted molar refractivity (Wildman–Crippen MR) is 99.9 cm³/mol. The Bertz CT molecular complexity index is 900. The summed E-state index contributed by atoms with van der Waals surface area (Å²) < 4.78 is 10.4. The Labute approximate surface area is 151 Å². The predicted octanol–water partition coefficient (Wildman–Crippen LogP) is 3.58. The highest BCUT2D eigenvalue weighted by molar-refractivity contribution is 7.00. The van der Waals surface area contributed by atoms with E-state index in [0.717, 1.165) is 46.6 Å². The Hall–Kier alpha value is -2.48. The van der Waals surface area contributed by atoms with Crippen LogP contribution in [0.3, 0.4) is 0 Å². The van der Waals surface area contributed by atoms with E-state index in [1.165, 1.54) is 11.7 Å². The molecule has 25 heavy (non-hydrogen) atoms. The number of amides is 2. The Morgan fingerprint density at radius 2 is 2.04 bits per heavy atom. The van der Waals surface area contributed by atoms with Crippen molar-refractivity contribution in [3.8, 4) is 0 Å². The van der Waals surface area contributed by atoms with Gasteiger partial charge in [0, 0.05) is 20.1 Å². The van der Waals surface area contributed by atoms with Crippen LogP contribution in [0.4, 0.5) is 10.5 Å². The van der Waals surface area contributed by atoms with E-state index in [2.05, 4.69) is 26.1 Å². The molecule has 2 aromatic heterocycles. The van der Waals surface area contributed by atoms with Gasteiger partial charge in [-0.25, -0.2) is 4.79 Å². The van der Waals surface area contributed by atoms with Crippen LogP contribution in [0, 0.1) is 13.8 Å². The smallest absolute Gasteiger partial charge is 0.321 e. The number of rotatable bonds is 5. The van der Waals surface area contributed by atoms with Crippen molar-refractivity contribution in [1.82, 2.24) is 23.4 Å². The van der Waals surface area contributed by atoms with Crippen LogP contribution in [0.15, 0.2) is 18.2 Å². The third kappa shape index (κ3) is 3.63. The molecule has 0 spiro atoms. The third-order valence-electron chi connectivity index (χ3n) is 4.13. The lowest BCUT2D eigenvalue weighted by atomic mass is 10.2. The number of fused-ring (bicyclic) bond motifs is 1. The summed E-state index contributed by atoms with van der Waals surface area (Å²) in [5, 5.41) is 7.48. The first-order chi connectivity index (χ1) is 12.0. The van der Waals surface area contributed by atoms with Crippen LogP contribution in [0.25, 0.3) is 11.0 Å². The summed E-state index contributed by atoms with van der Waals surface area (Å²) in [6, 6.07) is 5.73. The lowest BCUT2D eigenvalue weighted by Crippen LogP contribution is -2.31. The molecule has 0 saturated heterocycles. The summed E-state index contributed by atoms with van der Waals surface area (Å²) in [4.78, 5) is 14.2. The zero-order chi connectivity index (χ0) is 18.0. The highest BCUT2D eigenvalue weighted by atomic mass is 32.1. The van der Waals surface area contributed by atoms with Crippen LogP contribution in [0.1, 0.15) is 30.3 Å². The van der Waals surface area contributed by atoms with E-state index in [4.69, 9.17) is 0 Å². The van der Waals surface area contributed by atoms with E-state index in [1.54, 1.807) is 11.9 Å². The van der Waals surface area contributed by atoms with Gasteiger partial charge in [0.25, 0.3) is 0 Å². The minimum Gasteiger partial charge on any atom is -0.323 e. The Morgan fingerprint density at radius 3 is 2.80 bits per heavy atom. The molecule has 3 aromatic rings. The largest absolute Gasteiger partial charge is 0.323 e. The van der Waals surface area contributed by atoms with E-state index < -0.39 is 0 Å². The molecule has 0 radical (unpaired) electrons. The van der Waals surface area contributed by atoms with E-state index >= 15 is 0 Å². The van der Waals surface area contributed by atoms with Crippen molar-refractivity contribution in [1.29, 1.82) is 0 Å². The van der Waals surface area contributed by atoms with Gasteiger partial charge in [-0.3, -0.25) is 4.68 Å². The van der Waals surface area contributed by atoms with Crippen molar-refractivity contribution in [3.63, 3.8) is 0 Å². The summed E-state index contributed by atoms with van der Waals surface area (Å²) in [7, 11) is 1.78. The molecular weight excluding hydrogens is 336 g/mol. The van der Waals surface area contributed by atoms with Crippen LogP contribution in [0.2, 0.25) is 0 Å². The van der Waals surface area contributed by atoms with Crippen molar-refractivity contribution < 1.29 is 4.79 Å². The summed E-state index contributed by atoms with van der Waals surface area (Å²) in [6.07, 6.45) is 1.00. The van der Waals surface area contributed by atoms with E-state index in [1.807, 2.05) is 36.7 Å². The minimum absolute atomic E-state index is 0.154. The number of benzene rings is 1. The van der Waals surface area contributed by atoms with Gasteiger partial charge in [0.15, 0.2) is 0 Å². The number of carbonyl (C=O) groups is 1. The monoisotopic (exact) mass is 358 g/mol. The first-order valence-corrected chi connectivity index (χ1v) is 9.00. The van der Waals surface area contributed by atoms with E-state index in [9.17, 15) is 4.79 Å². The summed E-state index contributed by atoms with van der Waals surface area (Å²) >= 11 is 1.20. The maximum Gasteiger partial charge on any atom is 0.321 e. The van der Waals surface area contributed by atoms with Gasteiger partial charge in [-0.15, -0.1) is 0 Å². The summed E-state index contributed by atoms with van der Waals surface area (Å²) in [5.41, 5.74) is 5.38. The van der Waals surface area contributed by atoms with Gasteiger partial charge >= 0.3 is 6.03 Å². The van der Waals surface area contributed by atoms with Crippen molar-refractivity contribution in [2.45, 2.75) is 40.3 Å². The van der Waals surface area contributed by atoms with Crippen molar-refractivity contribution in [3.05, 3.63) is 35.2 Å². The van der Waals surface area contributed by atoms with E-state index in [0.29, 0.717) is 6.54 Å². The maximum atomic E-state index is 12.6. The zero-order valence-corrected chi connectivity index (χ0v) is 15.7. The molecule has 8 heteroatoms. The average Bonchev–Trinajstić information content (AvgIpc) is 3.14. The molecule has 2 heterocycles. The van der Waals surface area contributed by atoms with Gasteiger partial charge in [0.1, 0.15) is 11.0 Å². The molecule has 0 aliphatic carbocycles. The number of nitrogens with zero attached hydrogens (tertiary/aromatic N) is 5. The Morgan fingerprint density at radius 1 is 1.28 bits per heavy atom. The highest BCUT2D eigenvalue weighted by Gasteiger charge is 2.16. The second-order valence-corrected chi connectivity index (χ2v) is 6.67. The molecule has 0 saturated carbocycles. The average molecular weight is 358 g/mol. The second-order valence-electron chi connectivity index (χ2n) is 6.14. The molecule has 0 unspecified atom stereocenters. The lowest BCUT2D eigenvalue weighted by Gasteiger charge is -2.18. The molecule has 0 bridgehead atoms. The summed E-state index contributed by atoms with van der Waals surface area (Å²) in [6.45, 7) is 7.35. The molecule has 0 atom stereocenters. The first-order valence-electron chi connectivity index (χ1n) is 8.27. The number of hydrogen-bond acceptors (Lipinski definition) is 5. The molecule has 0 aliphatic rings. The molecule has 0 aliphatic heterocycles. The molecule has 7 nitrogen and oxygen atoms in total. The number of aryl methyl sites for hydroxylation is 2. The van der Waals surface area contributed by atoms with Crippen molar-refractivity contribution in [2.75, 3.05) is 12.4 Å². The SMILES string of the molecule is CCCn1nc(C)c(NC(=O)N(C)Cc2ccc3nsnc3c2)c1C. The number of carbonyl (C=O) groups excluding carboxylic acids is 1. The topological polar surface area (TPSA) is 75.9 Å². The quantitative estimate of drug-likeness (QED) is 0.756. The number of nitrogens with one attached hydrogen (secondary N) is 1. The fourth-order valence-electron chi connectivity index (χ4n) is 2.78. The Kier molecular flexibility index (Phi) is 4.98. The van der Waals surface area contributed by atoms with Crippen LogP contribution in [-0.4, -0.2) is 36.5 Å². The molecule has 2 amide bonds. The van der Waals surface area contributed by atoms with Gasteiger partial charge in [-0.1, -0.05) is 13.0 Å². The van der Waals surface area contributed by atoms with Crippen molar-refractivity contribution in [2.24, 2.45) is 0 Å². The first kappa shape index (κ1) is 17.3. The number of urea groups is 1. The molecule has 0 fully saturated rings. The van der Waals surface area contributed by atoms with Crippen molar-refractivity contribution >= 4 is 34.5 Å². The van der Waals surface area contributed by atoms with Gasteiger partial charge in [0.2, 0.25) is 0 Å². The lowest BCUT2D eigenvalue weighted by molar-refractivity contribution is 0.220. The van der Waals surface area contributed by atoms with Gasteiger partial charge in [0.05, 0.1) is 28.8 Å². The normalized spacial score (nSPS) is 11.0. The molecular formula is C17H22N6OS. The van der Waals surface area contributed by atoms with Crippen LogP contribution < -0.4 is 5.32 Å². The number of anilines is 1. The zero-order valence-electron chi connectivity index (χ0n) is 14.9. The van der Waals surface area contributed by atoms with Gasteiger partial charge in [-0.2, -0.15) is 13.8 Å². The molecule has 1 aromatic carbocycles. The third-order valence-corrected chi connectivity index (χ3v) is 4.69. The Balaban J connectivity index is 1.70.